The van der Waals surface area contributed by atoms with Crippen LogP contribution < -0.4 is 5.32 Å². The number of halogens is 2. The maximum Gasteiger partial charge on any atom is 0.157 e. The molecule has 1 N–H and O–H groups in total. The molecule has 0 radical (unpaired) electrons. The van der Waals surface area contributed by atoms with E-state index >= 15 is 0 Å². The summed E-state index contributed by atoms with van der Waals surface area (Å²) in [4.78, 5) is 4.51. The zero-order valence-electron chi connectivity index (χ0n) is 10.2. The Morgan fingerprint density at radius 2 is 2.39 bits per heavy atom. The Kier molecular flexibility index (Phi) is 4.89. The summed E-state index contributed by atoms with van der Waals surface area (Å²) in [5, 5.41) is 4.54. The Hall–Kier alpha value is -0.740. The van der Waals surface area contributed by atoms with E-state index in [9.17, 15) is 4.39 Å². The van der Waals surface area contributed by atoms with Gasteiger partial charge < -0.3 is 5.32 Å². The summed E-state index contributed by atoms with van der Waals surface area (Å²) in [6, 6.07) is 5.26. The Morgan fingerprint density at radius 3 is 3.11 bits per heavy atom. The lowest BCUT2D eigenvalue weighted by Crippen LogP contribution is -2.37. The number of hydrogen-bond acceptors (Lipinski definition) is 2. The SMILES string of the molecule is CCC1CCSC(=NCc2ccc(F)c(Cl)c2)N1. The van der Waals surface area contributed by atoms with Gasteiger partial charge in [-0.15, -0.1) is 0 Å². The lowest BCUT2D eigenvalue weighted by Gasteiger charge is -2.24. The second-order valence-corrected chi connectivity index (χ2v) is 5.75. The van der Waals surface area contributed by atoms with E-state index in [0.717, 1.165) is 22.9 Å². The third-order valence-corrected chi connectivity index (χ3v) is 4.16. The largest absolute Gasteiger partial charge is 0.362 e. The van der Waals surface area contributed by atoms with Crippen LogP contribution >= 0.6 is 23.4 Å². The van der Waals surface area contributed by atoms with Gasteiger partial charge in [-0.25, -0.2) is 4.39 Å². The number of aliphatic imine (C=N–C) groups is 1. The van der Waals surface area contributed by atoms with E-state index in [1.807, 2.05) is 0 Å². The molecule has 1 unspecified atom stereocenters. The fraction of sp³-hybridized carbons (Fsp3) is 0.462. The Balaban J connectivity index is 1.99. The fourth-order valence-corrected chi connectivity index (χ4v) is 2.99. The van der Waals surface area contributed by atoms with Crippen molar-refractivity contribution >= 4 is 28.5 Å². The molecule has 1 aliphatic rings. The lowest BCUT2D eigenvalue weighted by atomic mass is 10.2. The molecule has 1 aromatic carbocycles. The van der Waals surface area contributed by atoms with Crippen molar-refractivity contribution in [2.75, 3.05) is 5.75 Å². The first-order valence-corrected chi connectivity index (χ1v) is 7.43. The first-order chi connectivity index (χ1) is 8.69. The van der Waals surface area contributed by atoms with Crippen molar-refractivity contribution in [3.63, 3.8) is 0 Å². The minimum atomic E-state index is -0.385. The minimum absolute atomic E-state index is 0.156. The van der Waals surface area contributed by atoms with Crippen LogP contribution in [-0.4, -0.2) is 17.0 Å². The summed E-state index contributed by atoms with van der Waals surface area (Å²) >= 11 is 7.48. The van der Waals surface area contributed by atoms with E-state index in [2.05, 4.69) is 17.2 Å². The normalized spacial score (nSPS) is 21.9. The molecule has 2 nitrogen and oxygen atoms in total. The molecular formula is C13H16ClFN2S. The number of hydrogen-bond donors (Lipinski definition) is 1. The highest BCUT2D eigenvalue weighted by Gasteiger charge is 2.15. The molecule has 98 valence electrons. The third-order valence-electron chi connectivity index (χ3n) is 2.91. The maximum absolute atomic E-state index is 13.0. The van der Waals surface area contributed by atoms with Crippen LogP contribution in [-0.2, 0) is 6.54 Å². The van der Waals surface area contributed by atoms with Crippen molar-refractivity contribution in [1.82, 2.24) is 5.32 Å². The van der Waals surface area contributed by atoms with Crippen LogP contribution in [0.3, 0.4) is 0 Å². The molecule has 0 amide bonds. The summed E-state index contributed by atoms with van der Waals surface area (Å²) in [5.74, 6) is 0.721. The van der Waals surface area contributed by atoms with E-state index < -0.39 is 0 Å². The first kappa shape index (κ1) is 13.7. The van der Waals surface area contributed by atoms with Gasteiger partial charge in [-0.3, -0.25) is 4.99 Å². The highest BCUT2D eigenvalue weighted by Crippen LogP contribution is 2.19. The number of rotatable bonds is 3. The Morgan fingerprint density at radius 1 is 1.56 bits per heavy atom. The molecule has 0 saturated carbocycles. The third kappa shape index (κ3) is 3.62. The van der Waals surface area contributed by atoms with Crippen LogP contribution in [0.2, 0.25) is 5.02 Å². The lowest BCUT2D eigenvalue weighted by molar-refractivity contribution is 0.570. The van der Waals surface area contributed by atoms with Crippen LogP contribution in [0.5, 0.6) is 0 Å². The first-order valence-electron chi connectivity index (χ1n) is 6.06. The van der Waals surface area contributed by atoms with Gasteiger partial charge in [-0.1, -0.05) is 36.4 Å². The van der Waals surface area contributed by atoms with Gasteiger partial charge in [0.1, 0.15) is 5.82 Å². The minimum Gasteiger partial charge on any atom is -0.362 e. The average molecular weight is 287 g/mol. The molecule has 1 atom stereocenters. The summed E-state index contributed by atoms with van der Waals surface area (Å²) in [7, 11) is 0. The van der Waals surface area contributed by atoms with Crippen molar-refractivity contribution in [2.45, 2.75) is 32.4 Å². The Labute approximate surface area is 116 Å². The molecule has 1 saturated heterocycles. The molecule has 1 aromatic rings. The quantitative estimate of drug-likeness (QED) is 0.913. The molecule has 1 aliphatic heterocycles. The number of nitrogens with zero attached hydrogens (tertiary/aromatic N) is 1. The molecule has 2 rings (SSSR count). The predicted octanol–water partition coefficient (Wildman–Crippen LogP) is 3.84. The second-order valence-electron chi connectivity index (χ2n) is 4.26. The summed E-state index contributed by atoms with van der Waals surface area (Å²) in [6.45, 7) is 2.71. The molecule has 0 aromatic heterocycles. The zero-order chi connectivity index (χ0) is 13.0. The van der Waals surface area contributed by atoms with Crippen molar-refractivity contribution in [2.24, 2.45) is 4.99 Å². The molecule has 0 spiro atoms. The van der Waals surface area contributed by atoms with Crippen LogP contribution in [0.1, 0.15) is 25.3 Å². The average Bonchev–Trinajstić information content (AvgIpc) is 2.40. The van der Waals surface area contributed by atoms with Crippen molar-refractivity contribution < 1.29 is 4.39 Å². The van der Waals surface area contributed by atoms with Gasteiger partial charge in [0.2, 0.25) is 0 Å². The highest BCUT2D eigenvalue weighted by molar-refractivity contribution is 8.13. The van der Waals surface area contributed by atoms with Gasteiger partial charge in [0, 0.05) is 11.8 Å². The van der Waals surface area contributed by atoms with Gasteiger partial charge in [-0.2, -0.15) is 0 Å². The molecule has 1 fully saturated rings. The van der Waals surface area contributed by atoms with Crippen molar-refractivity contribution in [3.8, 4) is 0 Å². The zero-order valence-corrected chi connectivity index (χ0v) is 11.8. The van der Waals surface area contributed by atoms with Crippen molar-refractivity contribution in [3.05, 3.63) is 34.6 Å². The second kappa shape index (κ2) is 6.43. The van der Waals surface area contributed by atoms with Gasteiger partial charge in [-0.05, 0) is 30.5 Å². The molecular weight excluding hydrogens is 271 g/mol. The van der Waals surface area contributed by atoms with Crippen LogP contribution in [0.25, 0.3) is 0 Å². The number of amidine groups is 1. The summed E-state index contributed by atoms with van der Waals surface area (Å²) < 4.78 is 13.0. The fourth-order valence-electron chi connectivity index (χ4n) is 1.78. The van der Waals surface area contributed by atoms with Gasteiger partial charge >= 0.3 is 0 Å². The molecule has 18 heavy (non-hydrogen) atoms. The van der Waals surface area contributed by atoms with Crippen LogP contribution in [0, 0.1) is 5.82 Å². The maximum atomic E-state index is 13.0. The van der Waals surface area contributed by atoms with E-state index in [-0.39, 0.29) is 10.8 Å². The monoisotopic (exact) mass is 286 g/mol. The summed E-state index contributed by atoms with van der Waals surface area (Å²) in [5.41, 5.74) is 0.926. The highest BCUT2D eigenvalue weighted by atomic mass is 35.5. The molecule has 5 heteroatoms. The van der Waals surface area contributed by atoms with Crippen LogP contribution in [0.4, 0.5) is 4.39 Å². The topological polar surface area (TPSA) is 24.4 Å². The molecule has 0 aliphatic carbocycles. The standard InChI is InChI=1S/C13H16ClFN2S/c1-2-10-5-6-18-13(17-10)16-8-9-3-4-12(15)11(14)7-9/h3-4,7,10H,2,5-6,8H2,1H3,(H,16,17). The smallest absolute Gasteiger partial charge is 0.157 e. The van der Waals surface area contributed by atoms with E-state index in [4.69, 9.17) is 11.6 Å². The molecule has 0 bridgehead atoms. The van der Waals surface area contributed by atoms with E-state index in [0.29, 0.717) is 12.6 Å². The number of benzene rings is 1. The number of thioether (sulfide) groups is 1. The van der Waals surface area contributed by atoms with Crippen LogP contribution in [0.15, 0.2) is 23.2 Å². The number of nitrogens with one attached hydrogen (secondary N) is 1. The van der Waals surface area contributed by atoms with Gasteiger partial charge in [0.15, 0.2) is 5.17 Å². The van der Waals surface area contributed by atoms with E-state index in [1.165, 1.54) is 12.5 Å². The van der Waals surface area contributed by atoms with Crippen molar-refractivity contribution in [1.29, 1.82) is 0 Å². The summed E-state index contributed by atoms with van der Waals surface area (Å²) in [6.07, 6.45) is 2.30. The van der Waals surface area contributed by atoms with E-state index in [1.54, 1.807) is 23.9 Å². The predicted molar refractivity (Wildman–Crippen MR) is 76.8 cm³/mol. The molecule has 1 heterocycles. The van der Waals surface area contributed by atoms with Gasteiger partial charge in [0.25, 0.3) is 0 Å². The Bertz CT molecular complexity index is 451. The van der Waals surface area contributed by atoms with Gasteiger partial charge in [0.05, 0.1) is 11.6 Å².